The Labute approximate surface area is 219 Å². The van der Waals surface area contributed by atoms with Crippen LogP contribution in [0.2, 0.25) is 0 Å². The number of β-amino-alcohol motifs (C(OH)–C–C–N with tert-alkyl or cyclic N) is 1. The number of fused-ring (bicyclic) bond motifs is 2. The second-order valence-electron chi connectivity index (χ2n) is 9.42. The topological polar surface area (TPSA) is 87.8 Å². The molecule has 0 amide bonds. The van der Waals surface area contributed by atoms with Crippen LogP contribution in [0.4, 0.5) is 0 Å². The summed E-state index contributed by atoms with van der Waals surface area (Å²) < 4.78 is 12.2. The highest BCUT2D eigenvalue weighted by atomic mass is 32.1. The van der Waals surface area contributed by atoms with Gasteiger partial charge in [0.25, 0.3) is 0 Å². The van der Waals surface area contributed by atoms with Crippen LogP contribution in [0.25, 0.3) is 21.0 Å². The molecule has 0 saturated carbocycles. The second kappa shape index (κ2) is 10.5. The van der Waals surface area contributed by atoms with Crippen LogP contribution in [0.15, 0.2) is 71.6 Å². The first kappa shape index (κ1) is 24.0. The fraction of sp³-hybridized carbons (Fsp3) is 0.321. The van der Waals surface area contributed by atoms with Gasteiger partial charge in [0.15, 0.2) is 5.82 Å². The molecule has 1 aliphatic heterocycles. The van der Waals surface area contributed by atoms with Gasteiger partial charge in [-0.25, -0.2) is 4.98 Å². The lowest BCUT2D eigenvalue weighted by Crippen LogP contribution is -2.50. The molecule has 8 nitrogen and oxygen atoms in total. The highest BCUT2D eigenvalue weighted by Crippen LogP contribution is 2.33. The third-order valence-electron chi connectivity index (χ3n) is 6.89. The lowest BCUT2D eigenvalue weighted by Gasteiger charge is -2.39. The largest absolute Gasteiger partial charge is 0.491 e. The van der Waals surface area contributed by atoms with Crippen LogP contribution in [-0.4, -0.2) is 75.5 Å². The molecule has 5 aromatic rings. The van der Waals surface area contributed by atoms with E-state index in [-0.39, 0.29) is 12.6 Å². The van der Waals surface area contributed by atoms with Gasteiger partial charge < -0.3 is 14.4 Å². The minimum absolute atomic E-state index is 0.0930. The van der Waals surface area contributed by atoms with E-state index < -0.39 is 6.10 Å². The van der Waals surface area contributed by atoms with Crippen LogP contribution in [0, 0.1) is 6.92 Å². The number of piperazine rings is 1. The normalized spacial score (nSPS) is 16.8. The number of rotatable bonds is 8. The molecular formula is C28H29N5O3S. The molecule has 9 heteroatoms. The van der Waals surface area contributed by atoms with Gasteiger partial charge in [0.05, 0.1) is 21.3 Å². The first-order valence-electron chi connectivity index (χ1n) is 12.5. The number of aryl methyl sites for hydroxylation is 1. The summed E-state index contributed by atoms with van der Waals surface area (Å²) in [5, 5.41) is 18.3. The van der Waals surface area contributed by atoms with Crippen LogP contribution in [0.3, 0.4) is 0 Å². The molecule has 1 N–H and O–H groups in total. The summed E-state index contributed by atoms with van der Waals surface area (Å²) in [6.07, 6.45) is 0.818. The van der Waals surface area contributed by atoms with Crippen molar-refractivity contribution in [2.45, 2.75) is 19.1 Å². The molecule has 0 spiro atoms. The van der Waals surface area contributed by atoms with Gasteiger partial charge in [-0.15, -0.1) is 11.3 Å². The number of aliphatic hydroxyl groups is 1. The molecule has 3 aromatic carbocycles. The van der Waals surface area contributed by atoms with Gasteiger partial charge in [-0.1, -0.05) is 47.6 Å². The van der Waals surface area contributed by atoms with Gasteiger partial charge in [0.1, 0.15) is 18.5 Å². The number of benzene rings is 3. The number of nitrogens with zero attached hydrogens (tertiary/aromatic N) is 5. The zero-order chi connectivity index (χ0) is 25.2. The second-order valence-corrected chi connectivity index (χ2v) is 10.7. The van der Waals surface area contributed by atoms with Crippen molar-refractivity contribution >= 4 is 32.3 Å². The van der Waals surface area contributed by atoms with Gasteiger partial charge in [0, 0.05) is 38.8 Å². The molecule has 2 atom stereocenters. The molecular weight excluding hydrogens is 486 g/mol. The molecule has 6 rings (SSSR count). The number of hydrogen-bond acceptors (Lipinski definition) is 9. The Kier molecular flexibility index (Phi) is 6.84. The Balaban J connectivity index is 1.09. The number of thiazole rings is 1. The number of hydrogen-bond donors (Lipinski definition) is 1. The van der Waals surface area contributed by atoms with E-state index in [2.05, 4.69) is 67.4 Å². The van der Waals surface area contributed by atoms with E-state index >= 15 is 0 Å². The van der Waals surface area contributed by atoms with Gasteiger partial charge >= 0.3 is 0 Å². The lowest BCUT2D eigenvalue weighted by molar-refractivity contribution is 0.0393. The fourth-order valence-corrected chi connectivity index (χ4v) is 5.95. The van der Waals surface area contributed by atoms with Crippen LogP contribution < -0.4 is 4.74 Å². The Morgan fingerprint density at radius 2 is 1.89 bits per heavy atom. The van der Waals surface area contributed by atoms with Gasteiger partial charge in [0.2, 0.25) is 6.39 Å². The Bertz CT molecular complexity index is 1470. The first-order chi connectivity index (χ1) is 18.1. The Morgan fingerprint density at radius 1 is 1.05 bits per heavy atom. The molecule has 1 saturated heterocycles. The summed E-state index contributed by atoms with van der Waals surface area (Å²) >= 11 is 1.67. The van der Waals surface area contributed by atoms with Crippen molar-refractivity contribution in [3.8, 4) is 5.75 Å². The highest BCUT2D eigenvalue weighted by Gasteiger charge is 2.31. The molecule has 1 fully saturated rings. The molecule has 0 aliphatic carbocycles. The minimum atomic E-state index is -0.578. The molecule has 0 bridgehead atoms. The molecule has 2 aromatic heterocycles. The van der Waals surface area contributed by atoms with Crippen LogP contribution in [0.1, 0.15) is 22.4 Å². The zero-order valence-corrected chi connectivity index (χ0v) is 21.5. The summed E-state index contributed by atoms with van der Waals surface area (Å²) in [5.74, 6) is 1.41. The smallest absolute Gasteiger partial charge is 0.213 e. The third kappa shape index (κ3) is 5.21. The number of aromatic nitrogens is 3. The molecule has 1 aliphatic rings. The summed E-state index contributed by atoms with van der Waals surface area (Å²) in [5.41, 5.74) is 2.11. The van der Waals surface area contributed by atoms with Crippen LogP contribution in [-0.2, 0) is 0 Å². The van der Waals surface area contributed by atoms with Crippen molar-refractivity contribution in [3.63, 3.8) is 0 Å². The van der Waals surface area contributed by atoms with E-state index in [1.807, 2.05) is 25.1 Å². The summed E-state index contributed by atoms with van der Waals surface area (Å²) in [7, 11) is 0. The van der Waals surface area contributed by atoms with E-state index in [0.717, 1.165) is 47.2 Å². The average Bonchev–Trinajstić information content (AvgIpc) is 3.58. The monoisotopic (exact) mass is 515 g/mol. The Morgan fingerprint density at radius 3 is 2.73 bits per heavy atom. The van der Waals surface area contributed by atoms with Crippen molar-refractivity contribution in [3.05, 3.63) is 83.5 Å². The summed E-state index contributed by atoms with van der Waals surface area (Å²) in [6, 6.07) is 20.6. The maximum absolute atomic E-state index is 10.7. The minimum Gasteiger partial charge on any atom is -0.491 e. The SMILES string of the molecule is Cc1nc2cc(OC[C@H](O)CN3CCN(C(c4ncon4)c4cccc5ccccc45)CC3)ccc2s1. The molecule has 3 heterocycles. The maximum Gasteiger partial charge on any atom is 0.213 e. The zero-order valence-electron chi connectivity index (χ0n) is 20.7. The lowest BCUT2D eigenvalue weighted by atomic mass is 9.96. The van der Waals surface area contributed by atoms with E-state index in [1.165, 1.54) is 22.7 Å². The highest BCUT2D eigenvalue weighted by molar-refractivity contribution is 7.18. The van der Waals surface area contributed by atoms with Crippen LogP contribution in [0.5, 0.6) is 5.75 Å². The Hall–Kier alpha value is -3.37. The number of aliphatic hydroxyl groups excluding tert-OH is 1. The summed E-state index contributed by atoms with van der Waals surface area (Å²) in [6.45, 7) is 6.14. The molecule has 1 unspecified atom stereocenters. The van der Waals surface area contributed by atoms with E-state index in [1.54, 1.807) is 11.3 Å². The quantitative estimate of drug-likeness (QED) is 0.328. The van der Waals surface area contributed by atoms with E-state index in [4.69, 9.17) is 9.26 Å². The predicted octanol–water partition coefficient (Wildman–Crippen LogP) is 4.29. The molecule has 37 heavy (non-hydrogen) atoms. The van der Waals surface area contributed by atoms with Crippen molar-refractivity contribution in [1.82, 2.24) is 24.9 Å². The fourth-order valence-electron chi connectivity index (χ4n) is 5.15. The van der Waals surface area contributed by atoms with Crippen LogP contribution >= 0.6 is 11.3 Å². The van der Waals surface area contributed by atoms with Gasteiger partial charge in [-0.2, -0.15) is 4.98 Å². The average molecular weight is 516 g/mol. The first-order valence-corrected chi connectivity index (χ1v) is 13.3. The van der Waals surface area contributed by atoms with Gasteiger partial charge in [-0.05, 0) is 35.4 Å². The van der Waals surface area contributed by atoms with Crippen molar-refractivity contribution in [2.24, 2.45) is 0 Å². The van der Waals surface area contributed by atoms with E-state index in [0.29, 0.717) is 12.4 Å². The predicted molar refractivity (Wildman–Crippen MR) is 144 cm³/mol. The van der Waals surface area contributed by atoms with E-state index in [9.17, 15) is 5.11 Å². The van der Waals surface area contributed by atoms with Crippen molar-refractivity contribution < 1.29 is 14.4 Å². The standard InChI is InChI=1S/C28H29N5O3S/c1-19-30-25-15-22(9-10-26(25)37-19)35-17-21(34)16-32-11-13-33(14-12-32)27(28-29-18-36-31-28)24-8-4-6-20-5-2-3-7-23(20)24/h2-10,15,18,21,27,34H,11-14,16-17H2,1H3/t21-,27?/m1/s1. The maximum atomic E-state index is 10.7. The van der Waals surface area contributed by atoms with Gasteiger partial charge in [-0.3, -0.25) is 9.80 Å². The third-order valence-corrected chi connectivity index (χ3v) is 7.84. The van der Waals surface area contributed by atoms with Crippen molar-refractivity contribution in [2.75, 3.05) is 39.3 Å². The summed E-state index contributed by atoms with van der Waals surface area (Å²) in [4.78, 5) is 13.6. The number of ether oxygens (including phenoxy) is 1. The molecule has 0 radical (unpaired) electrons. The molecule has 190 valence electrons. The van der Waals surface area contributed by atoms with Crippen molar-refractivity contribution in [1.29, 1.82) is 0 Å².